The van der Waals surface area contributed by atoms with Gasteiger partial charge in [-0.1, -0.05) is 13.3 Å². The Hall–Kier alpha value is -0.940. The van der Waals surface area contributed by atoms with E-state index < -0.39 is 6.10 Å². The smallest absolute Gasteiger partial charge is 0.138 e. The van der Waals surface area contributed by atoms with Gasteiger partial charge in [0.25, 0.3) is 0 Å². The Morgan fingerprint density at radius 1 is 1.50 bits per heavy atom. The fraction of sp³-hybridized carbons (Fsp3) is 0.818. The molecule has 0 spiro atoms. The van der Waals surface area contributed by atoms with Crippen LogP contribution in [0.25, 0.3) is 0 Å². The van der Waals surface area contributed by atoms with Crippen molar-refractivity contribution in [1.82, 2.24) is 14.8 Å². The summed E-state index contributed by atoms with van der Waals surface area (Å²) in [5.74, 6) is 0.813. The first-order chi connectivity index (χ1) is 7.72. The predicted molar refractivity (Wildman–Crippen MR) is 61.1 cm³/mol. The van der Waals surface area contributed by atoms with Crippen molar-refractivity contribution < 1.29 is 9.84 Å². The highest BCUT2D eigenvalue weighted by Gasteiger charge is 2.20. The first-order valence-corrected chi connectivity index (χ1v) is 5.80. The number of aliphatic hydroxyl groups excluding tert-OH is 1. The third kappa shape index (κ3) is 3.28. The van der Waals surface area contributed by atoms with Gasteiger partial charge in [-0.3, -0.25) is 4.68 Å². The van der Waals surface area contributed by atoms with E-state index in [1.54, 1.807) is 11.8 Å². The van der Waals surface area contributed by atoms with Crippen LogP contribution in [0, 0.1) is 0 Å². The van der Waals surface area contributed by atoms with E-state index in [-0.39, 0.29) is 6.10 Å². The molecule has 1 aromatic heterocycles. The lowest BCUT2D eigenvalue weighted by atomic mass is 10.1. The lowest BCUT2D eigenvalue weighted by molar-refractivity contribution is -0.0172. The molecule has 16 heavy (non-hydrogen) atoms. The van der Waals surface area contributed by atoms with Crippen LogP contribution in [0.1, 0.15) is 32.5 Å². The van der Waals surface area contributed by atoms with Gasteiger partial charge in [0.05, 0.1) is 12.2 Å². The fourth-order valence-corrected chi connectivity index (χ4v) is 1.78. The van der Waals surface area contributed by atoms with E-state index in [0.29, 0.717) is 6.42 Å². The molecule has 1 aromatic rings. The molecule has 0 saturated carbocycles. The molecule has 5 nitrogen and oxygen atoms in total. The quantitative estimate of drug-likeness (QED) is 0.755. The molecule has 0 amide bonds. The second-order valence-corrected chi connectivity index (χ2v) is 3.83. The Morgan fingerprint density at radius 3 is 2.81 bits per heavy atom. The number of aromatic nitrogens is 3. The molecule has 2 atom stereocenters. The topological polar surface area (TPSA) is 60.2 Å². The third-order valence-corrected chi connectivity index (χ3v) is 2.69. The number of hydrogen-bond donors (Lipinski definition) is 1. The van der Waals surface area contributed by atoms with Crippen LogP contribution in [-0.4, -0.2) is 39.2 Å². The highest BCUT2D eigenvalue weighted by Crippen LogP contribution is 2.10. The van der Waals surface area contributed by atoms with E-state index in [4.69, 9.17) is 4.74 Å². The van der Waals surface area contributed by atoms with Crippen LogP contribution in [-0.2, 0) is 17.7 Å². The van der Waals surface area contributed by atoms with E-state index in [9.17, 15) is 5.11 Å². The summed E-state index contributed by atoms with van der Waals surface area (Å²) < 4.78 is 7.06. The van der Waals surface area contributed by atoms with Crippen LogP contribution < -0.4 is 0 Å². The highest BCUT2D eigenvalue weighted by atomic mass is 16.5. The number of rotatable bonds is 7. The van der Waals surface area contributed by atoms with Crippen LogP contribution >= 0.6 is 0 Å². The zero-order chi connectivity index (χ0) is 12.0. The Bertz CT molecular complexity index is 301. The molecule has 0 aliphatic heterocycles. The summed E-state index contributed by atoms with van der Waals surface area (Å²) in [5, 5.41) is 14.1. The maximum Gasteiger partial charge on any atom is 0.138 e. The third-order valence-electron chi connectivity index (χ3n) is 2.69. The fourth-order valence-electron chi connectivity index (χ4n) is 1.78. The molecule has 0 aliphatic carbocycles. The molecule has 0 radical (unpaired) electrons. The largest absolute Gasteiger partial charge is 0.390 e. The van der Waals surface area contributed by atoms with Gasteiger partial charge in [0.15, 0.2) is 0 Å². The zero-order valence-electron chi connectivity index (χ0n) is 10.3. The van der Waals surface area contributed by atoms with Crippen molar-refractivity contribution in [3.63, 3.8) is 0 Å². The molecule has 0 fully saturated rings. The summed E-state index contributed by atoms with van der Waals surface area (Å²) in [7, 11) is 1.63. The highest BCUT2D eigenvalue weighted by molar-refractivity contribution is 4.89. The summed E-state index contributed by atoms with van der Waals surface area (Å²) in [6.45, 7) is 4.85. The van der Waals surface area contributed by atoms with Crippen molar-refractivity contribution >= 4 is 0 Å². The van der Waals surface area contributed by atoms with E-state index in [0.717, 1.165) is 25.2 Å². The van der Waals surface area contributed by atoms with Gasteiger partial charge < -0.3 is 9.84 Å². The first-order valence-electron chi connectivity index (χ1n) is 5.80. The Kier molecular flexibility index (Phi) is 5.42. The van der Waals surface area contributed by atoms with Crippen LogP contribution in [0.3, 0.4) is 0 Å². The predicted octanol–water partition coefficient (Wildman–Crippen LogP) is 1.02. The van der Waals surface area contributed by atoms with E-state index in [1.807, 2.05) is 6.92 Å². The van der Waals surface area contributed by atoms with Gasteiger partial charge in [-0.05, 0) is 13.3 Å². The minimum Gasteiger partial charge on any atom is -0.390 e. The summed E-state index contributed by atoms with van der Waals surface area (Å²) in [4.78, 5) is 4.14. The number of methoxy groups -OCH3 is 1. The maximum absolute atomic E-state index is 10.0. The molecule has 0 bridgehead atoms. The summed E-state index contributed by atoms with van der Waals surface area (Å²) >= 11 is 0. The van der Waals surface area contributed by atoms with Crippen LogP contribution in [0.5, 0.6) is 0 Å². The van der Waals surface area contributed by atoms with Crippen LogP contribution in [0.2, 0.25) is 0 Å². The molecule has 2 unspecified atom stereocenters. The van der Waals surface area contributed by atoms with Gasteiger partial charge >= 0.3 is 0 Å². The molecular weight excluding hydrogens is 206 g/mol. The molecule has 1 heterocycles. The van der Waals surface area contributed by atoms with Crippen LogP contribution in [0.4, 0.5) is 0 Å². The normalized spacial score (nSPS) is 15.0. The molecule has 1 rings (SSSR count). The number of nitrogens with zero attached hydrogens (tertiary/aromatic N) is 3. The summed E-state index contributed by atoms with van der Waals surface area (Å²) in [6.07, 6.45) is 3.24. The lowest BCUT2D eigenvalue weighted by Crippen LogP contribution is -2.31. The van der Waals surface area contributed by atoms with Crippen molar-refractivity contribution in [2.75, 3.05) is 7.11 Å². The minimum absolute atomic E-state index is 0.119. The molecule has 1 N–H and O–H groups in total. The zero-order valence-corrected chi connectivity index (χ0v) is 10.3. The van der Waals surface area contributed by atoms with Gasteiger partial charge in [-0.15, -0.1) is 0 Å². The van der Waals surface area contributed by atoms with Crippen molar-refractivity contribution in [2.45, 2.75) is 51.9 Å². The van der Waals surface area contributed by atoms with Gasteiger partial charge in [0, 0.05) is 20.1 Å². The molecule has 92 valence electrons. The molecule has 5 heteroatoms. The number of aryl methyl sites for hydroxylation is 1. The van der Waals surface area contributed by atoms with Crippen LogP contribution in [0.15, 0.2) is 6.33 Å². The Morgan fingerprint density at radius 2 is 2.25 bits per heavy atom. The standard InChI is InChI=1S/C11H21N3O2/c1-4-6-10(16-3)9(15)7-11-12-8-13-14(11)5-2/h8-10,15H,4-7H2,1-3H3. The Balaban J connectivity index is 2.58. The maximum atomic E-state index is 10.0. The average Bonchev–Trinajstić information content (AvgIpc) is 2.72. The van der Waals surface area contributed by atoms with E-state index in [2.05, 4.69) is 17.0 Å². The minimum atomic E-state index is -0.514. The van der Waals surface area contributed by atoms with Gasteiger partial charge in [0.2, 0.25) is 0 Å². The first kappa shape index (κ1) is 13.1. The van der Waals surface area contributed by atoms with Crippen molar-refractivity contribution in [3.8, 4) is 0 Å². The van der Waals surface area contributed by atoms with Crippen molar-refractivity contribution in [2.24, 2.45) is 0 Å². The second kappa shape index (κ2) is 6.60. The SMILES string of the molecule is CCCC(OC)C(O)Cc1ncnn1CC. The van der Waals surface area contributed by atoms with Gasteiger partial charge in [-0.25, -0.2) is 4.98 Å². The van der Waals surface area contributed by atoms with Gasteiger partial charge in [0.1, 0.15) is 12.2 Å². The Labute approximate surface area is 96.5 Å². The molecule has 0 saturated heterocycles. The number of ether oxygens (including phenoxy) is 1. The summed E-state index contributed by atoms with van der Waals surface area (Å²) in [5.41, 5.74) is 0. The average molecular weight is 227 g/mol. The van der Waals surface area contributed by atoms with E-state index >= 15 is 0 Å². The lowest BCUT2D eigenvalue weighted by Gasteiger charge is -2.20. The van der Waals surface area contributed by atoms with E-state index in [1.165, 1.54) is 6.33 Å². The number of aliphatic hydroxyl groups is 1. The van der Waals surface area contributed by atoms with Crippen molar-refractivity contribution in [3.05, 3.63) is 12.2 Å². The molecule has 0 aliphatic rings. The molecule has 0 aromatic carbocycles. The van der Waals surface area contributed by atoms with Gasteiger partial charge in [-0.2, -0.15) is 5.10 Å². The monoisotopic (exact) mass is 227 g/mol. The second-order valence-electron chi connectivity index (χ2n) is 3.83. The van der Waals surface area contributed by atoms with Crippen molar-refractivity contribution in [1.29, 1.82) is 0 Å². The summed E-state index contributed by atoms with van der Waals surface area (Å²) in [6, 6.07) is 0. The molecular formula is C11H21N3O2. The number of hydrogen-bond acceptors (Lipinski definition) is 4.